The van der Waals surface area contributed by atoms with Crippen LogP contribution >= 0.6 is 0 Å². The summed E-state index contributed by atoms with van der Waals surface area (Å²) in [5.41, 5.74) is 11.6. The molecular weight excluding hydrogens is 587 g/mol. The molecular formula is C44H27N3O. The van der Waals surface area contributed by atoms with Gasteiger partial charge in [0.05, 0.1) is 27.6 Å². The van der Waals surface area contributed by atoms with Crippen LogP contribution in [0.3, 0.4) is 0 Å². The Labute approximate surface area is 275 Å². The molecule has 0 aliphatic carbocycles. The number of hydrogen-bond acceptors (Lipinski definition) is 2. The first-order valence-electron chi connectivity index (χ1n) is 16.2. The number of furan rings is 1. The lowest BCUT2D eigenvalue weighted by atomic mass is 10.0. The Hall–Kier alpha value is -6.57. The molecule has 3 heterocycles. The number of hydrogen-bond donors (Lipinski definition) is 0. The molecule has 0 radical (unpaired) electrons. The summed E-state index contributed by atoms with van der Waals surface area (Å²) in [5, 5.41) is 16.5. The fraction of sp³-hybridized carbons (Fsp3) is 0.0227. The van der Waals surface area contributed by atoms with Gasteiger partial charge in [-0.15, -0.1) is 0 Å². The van der Waals surface area contributed by atoms with E-state index in [0.717, 1.165) is 34.2 Å². The van der Waals surface area contributed by atoms with Crippen LogP contribution in [0.2, 0.25) is 0 Å². The Morgan fingerprint density at radius 2 is 1.02 bits per heavy atom. The van der Waals surface area contributed by atoms with Gasteiger partial charge in [0, 0.05) is 43.7 Å². The smallest absolute Gasteiger partial charge is 0.153 e. The first-order chi connectivity index (χ1) is 23.7. The molecule has 3 aromatic heterocycles. The molecule has 0 fully saturated rings. The van der Waals surface area contributed by atoms with Gasteiger partial charge in [0.1, 0.15) is 11.7 Å². The monoisotopic (exact) mass is 613 g/mol. The molecule has 0 saturated carbocycles. The number of nitrogens with zero attached hydrogens (tertiary/aromatic N) is 3. The molecule has 0 unspecified atom stereocenters. The predicted molar refractivity (Wildman–Crippen MR) is 196 cm³/mol. The van der Waals surface area contributed by atoms with Crippen molar-refractivity contribution in [2.45, 2.75) is 6.42 Å². The van der Waals surface area contributed by atoms with Gasteiger partial charge in [0.15, 0.2) is 5.58 Å². The Kier molecular flexibility index (Phi) is 5.67. The third kappa shape index (κ3) is 3.89. The summed E-state index contributed by atoms with van der Waals surface area (Å²) in [4.78, 5) is 0. The molecule has 0 amide bonds. The highest BCUT2D eigenvalue weighted by Crippen LogP contribution is 2.37. The zero-order chi connectivity index (χ0) is 31.8. The van der Waals surface area contributed by atoms with Crippen LogP contribution in [0.5, 0.6) is 0 Å². The van der Waals surface area contributed by atoms with E-state index in [1.807, 2.05) is 18.2 Å². The van der Waals surface area contributed by atoms with Crippen molar-refractivity contribution in [3.63, 3.8) is 0 Å². The SMILES string of the molecule is N#Cc1cccc2c1oc1ccc(Cc3ccc(-n4c5ccccc5c5cc(-n6c7ccccc7c7ccccc76)ccc54)cc3)cc12. The lowest BCUT2D eigenvalue weighted by Gasteiger charge is -2.11. The van der Waals surface area contributed by atoms with Crippen LogP contribution in [0.15, 0.2) is 156 Å². The van der Waals surface area contributed by atoms with Crippen molar-refractivity contribution in [3.05, 3.63) is 168 Å². The predicted octanol–water partition coefficient (Wildman–Crippen LogP) is 11.2. The van der Waals surface area contributed by atoms with Gasteiger partial charge in [-0.05, 0) is 84.3 Å². The summed E-state index contributed by atoms with van der Waals surface area (Å²) in [6.45, 7) is 0. The first-order valence-corrected chi connectivity index (χ1v) is 16.2. The van der Waals surface area contributed by atoms with Gasteiger partial charge in [-0.1, -0.05) is 84.9 Å². The largest absolute Gasteiger partial charge is 0.455 e. The fourth-order valence-corrected chi connectivity index (χ4v) is 7.62. The Balaban J connectivity index is 1.05. The Morgan fingerprint density at radius 3 is 1.71 bits per heavy atom. The van der Waals surface area contributed by atoms with E-state index < -0.39 is 0 Å². The molecule has 0 saturated heterocycles. The molecule has 0 bridgehead atoms. The number of aromatic nitrogens is 2. The van der Waals surface area contributed by atoms with Crippen molar-refractivity contribution in [1.82, 2.24) is 9.13 Å². The summed E-state index contributed by atoms with van der Waals surface area (Å²) >= 11 is 0. The van der Waals surface area contributed by atoms with Gasteiger partial charge in [-0.25, -0.2) is 0 Å². The third-order valence-corrected chi connectivity index (χ3v) is 9.78. The Bertz CT molecular complexity index is 2880. The van der Waals surface area contributed by atoms with Crippen LogP contribution in [0, 0.1) is 11.3 Å². The Morgan fingerprint density at radius 1 is 0.458 bits per heavy atom. The van der Waals surface area contributed by atoms with Crippen LogP contribution in [0.25, 0.3) is 76.9 Å². The zero-order valence-electron chi connectivity index (χ0n) is 25.9. The van der Waals surface area contributed by atoms with Gasteiger partial charge < -0.3 is 13.6 Å². The molecule has 0 aliphatic heterocycles. The van der Waals surface area contributed by atoms with Gasteiger partial charge in [-0.2, -0.15) is 5.26 Å². The molecule has 7 aromatic carbocycles. The lowest BCUT2D eigenvalue weighted by molar-refractivity contribution is 0.667. The average molecular weight is 614 g/mol. The van der Waals surface area contributed by atoms with E-state index in [9.17, 15) is 5.26 Å². The topological polar surface area (TPSA) is 46.8 Å². The van der Waals surface area contributed by atoms with Gasteiger partial charge in [0.25, 0.3) is 0 Å². The second-order valence-electron chi connectivity index (χ2n) is 12.5. The van der Waals surface area contributed by atoms with Crippen molar-refractivity contribution >= 4 is 65.6 Å². The highest BCUT2D eigenvalue weighted by molar-refractivity contribution is 6.12. The molecule has 0 N–H and O–H groups in total. The molecule has 4 heteroatoms. The number of nitriles is 1. The van der Waals surface area contributed by atoms with E-state index in [1.54, 1.807) is 6.07 Å². The van der Waals surface area contributed by atoms with E-state index in [-0.39, 0.29) is 0 Å². The number of fused-ring (bicyclic) bond motifs is 9. The maximum Gasteiger partial charge on any atom is 0.153 e. The molecule has 0 spiro atoms. The summed E-state index contributed by atoms with van der Waals surface area (Å²) in [7, 11) is 0. The van der Waals surface area contributed by atoms with Crippen molar-refractivity contribution < 1.29 is 4.42 Å². The highest BCUT2D eigenvalue weighted by Gasteiger charge is 2.16. The van der Waals surface area contributed by atoms with E-state index in [1.165, 1.54) is 54.7 Å². The molecule has 48 heavy (non-hydrogen) atoms. The van der Waals surface area contributed by atoms with Gasteiger partial charge >= 0.3 is 0 Å². The van der Waals surface area contributed by atoms with Gasteiger partial charge in [0.2, 0.25) is 0 Å². The second kappa shape index (κ2) is 10.2. The minimum absolute atomic E-state index is 0.564. The van der Waals surface area contributed by atoms with Crippen LogP contribution < -0.4 is 0 Å². The van der Waals surface area contributed by atoms with Crippen LogP contribution in [-0.2, 0) is 6.42 Å². The number of rotatable bonds is 4. The van der Waals surface area contributed by atoms with Crippen LogP contribution in [0.4, 0.5) is 0 Å². The van der Waals surface area contributed by atoms with E-state index in [2.05, 4.69) is 143 Å². The summed E-state index contributed by atoms with van der Waals surface area (Å²) in [6, 6.07) is 56.1. The summed E-state index contributed by atoms with van der Waals surface area (Å²) in [5.74, 6) is 0. The van der Waals surface area contributed by atoms with Crippen molar-refractivity contribution in [3.8, 4) is 17.4 Å². The van der Waals surface area contributed by atoms with E-state index in [4.69, 9.17) is 4.42 Å². The van der Waals surface area contributed by atoms with E-state index in [0.29, 0.717) is 11.1 Å². The quantitative estimate of drug-likeness (QED) is 0.198. The van der Waals surface area contributed by atoms with Crippen molar-refractivity contribution in [1.29, 1.82) is 5.26 Å². The van der Waals surface area contributed by atoms with Crippen LogP contribution in [0.1, 0.15) is 16.7 Å². The second-order valence-corrected chi connectivity index (χ2v) is 12.5. The molecule has 0 atom stereocenters. The minimum atomic E-state index is 0.564. The lowest BCUT2D eigenvalue weighted by Crippen LogP contribution is -1.96. The maximum absolute atomic E-state index is 9.53. The highest BCUT2D eigenvalue weighted by atomic mass is 16.3. The first kappa shape index (κ1) is 26.6. The summed E-state index contributed by atoms with van der Waals surface area (Å²) < 4.78 is 10.8. The number of para-hydroxylation sites is 4. The standard InChI is InChI=1S/C44H27N3O/c45-27-30-8-7-12-36-38-25-29(18-23-43(38)48-44(30)36)24-28-16-19-31(20-17-28)46-41-15-6-3-11-35(41)37-26-32(21-22-42(37)46)47-39-13-4-1-9-33(39)34-10-2-5-14-40(34)47/h1-23,25-26H,24H2. The summed E-state index contributed by atoms with van der Waals surface area (Å²) in [6.07, 6.45) is 0.802. The average Bonchev–Trinajstić information content (AvgIpc) is 3.79. The number of benzene rings is 7. The zero-order valence-corrected chi connectivity index (χ0v) is 25.9. The molecule has 10 aromatic rings. The van der Waals surface area contributed by atoms with Crippen molar-refractivity contribution in [2.75, 3.05) is 0 Å². The minimum Gasteiger partial charge on any atom is -0.455 e. The van der Waals surface area contributed by atoms with E-state index >= 15 is 0 Å². The molecule has 224 valence electrons. The normalized spacial score (nSPS) is 11.8. The third-order valence-electron chi connectivity index (χ3n) is 9.78. The van der Waals surface area contributed by atoms with Crippen molar-refractivity contribution in [2.24, 2.45) is 0 Å². The molecule has 0 aliphatic rings. The van der Waals surface area contributed by atoms with Crippen LogP contribution in [-0.4, -0.2) is 9.13 Å². The maximum atomic E-state index is 9.53. The van der Waals surface area contributed by atoms with Gasteiger partial charge in [-0.3, -0.25) is 0 Å². The fourth-order valence-electron chi connectivity index (χ4n) is 7.62. The molecule has 4 nitrogen and oxygen atoms in total. The molecule has 10 rings (SSSR count).